The van der Waals surface area contributed by atoms with Gasteiger partial charge in [-0.1, -0.05) is 36.8 Å². The van der Waals surface area contributed by atoms with Gasteiger partial charge in [-0.25, -0.2) is 4.79 Å². The third-order valence-electron chi connectivity index (χ3n) is 5.74. The molecule has 0 unspecified atom stereocenters. The Hall–Kier alpha value is -2.83. The predicted octanol–water partition coefficient (Wildman–Crippen LogP) is 2.03. The molecule has 148 valence electrons. The van der Waals surface area contributed by atoms with Gasteiger partial charge in [0, 0.05) is 27.2 Å². The highest BCUT2D eigenvalue weighted by Gasteiger charge is 2.24. The lowest BCUT2D eigenvalue weighted by Crippen LogP contribution is -2.40. The summed E-state index contributed by atoms with van der Waals surface area (Å²) in [6.45, 7) is 6.34. The maximum absolute atomic E-state index is 13.2. The van der Waals surface area contributed by atoms with Crippen molar-refractivity contribution in [1.29, 1.82) is 0 Å². The number of anilines is 1. The van der Waals surface area contributed by atoms with Gasteiger partial charge in [0.15, 0.2) is 11.2 Å². The van der Waals surface area contributed by atoms with Crippen molar-refractivity contribution in [2.75, 3.05) is 18.0 Å². The minimum Gasteiger partial charge on any atom is -0.342 e. The largest absolute Gasteiger partial charge is 0.342 e. The molecule has 7 nitrogen and oxygen atoms in total. The number of fused-ring (bicyclic) bond motifs is 1. The molecule has 0 radical (unpaired) electrons. The molecule has 28 heavy (non-hydrogen) atoms. The minimum absolute atomic E-state index is 0.253. The van der Waals surface area contributed by atoms with Crippen LogP contribution >= 0.6 is 0 Å². The van der Waals surface area contributed by atoms with Crippen molar-refractivity contribution in [1.82, 2.24) is 18.7 Å². The Kier molecular flexibility index (Phi) is 4.61. The third kappa shape index (κ3) is 3.04. The van der Waals surface area contributed by atoms with Crippen LogP contribution in [0.3, 0.4) is 0 Å². The molecule has 1 saturated heterocycles. The summed E-state index contributed by atoms with van der Waals surface area (Å²) in [7, 11) is 3.55. The van der Waals surface area contributed by atoms with Gasteiger partial charge < -0.3 is 9.47 Å². The summed E-state index contributed by atoms with van der Waals surface area (Å²) in [6, 6.07) is 7.89. The predicted molar refractivity (Wildman–Crippen MR) is 111 cm³/mol. The van der Waals surface area contributed by atoms with Crippen molar-refractivity contribution >= 4 is 17.1 Å². The first kappa shape index (κ1) is 18.5. The van der Waals surface area contributed by atoms with Crippen LogP contribution in [0.5, 0.6) is 0 Å². The monoisotopic (exact) mass is 381 g/mol. The molecule has 1 aromatic carbocycles. The van der Waals surface area contributed by atoms with Crippen LogP contribution in [0.25, 0.3) is 11.2 Å². The van der Waals surface area contributed by atoms with E-state index in [0.717, 1.165) is 36.6 Å². The maximum Gasteiger partial charge on any atom is 0.332 e. The van der Waals surface area contributed by atoms with E-state index < -0.39 is 0 Å². The first-order valence-corrected chi connectivity index (χ1v) is 9.83. The van der Waals surface area contributed by atoms with Crippen molar-refractivity contribution in [2.45, 2.75) is 33.2 Å². The molecule has 0 bridgehead atoms. The normalized spacial score (nSPS) is 17.4. The van der Waals surface area contributed by atoms with E-state index in [1.165, 1.54) is 15.6 Å². The highest BCUT2D eigenvalue weighted by molar-refractivity contribution is 5.74. The Labute approximate surface area is 163 Å². The minimum atomic E-state index is -0.338. The van der Waals surface area contributed by atoms with Crippen LogP contribution in [0.15, 0.2) is 33.9 Å². The molecule has 1 aliphatic rings. The first-order chi connectivity index (χ1) is 13.4. The van der Waals surface area contributed by atoms with Gasteiger partial charge in [0.2, 0.25) is 5.95 Å². The fraction of sp³-hybridized carbons (Fsp3) is 0.476. The van der Waals surface area contributed by atoms with E-state index in [0.29, 0.717) is 17.1 Å². The van der Waals surface area contributed by atoms with E-state index in [9.17, 15) is 9.59 Å². The van der Waals surface area contributed by atoms with Crippen LogP contribution in [-0.2, 0) is 20.6 Å². The molecular formula is C21H27N5O2. The number of aromatic nitrogens is 4. The highest BCUT2D eigenvalue weighted by Crippen LogP contribution is 2.24. The second kappa shape index (κ2) is 6.96. The Morgan fingerprint density at radius 3 is 2.50 bits per heavy atom. The first-order valence-electron chi connectivity index (χ1n) is 9.83. The average molecular weight is 381 g/mol. The third-order valence-corrected chi connectivity index (χ3v) is 5.74. The van der Waals surface area contributed by atoms with E-state index in [1.807, 2.05) is 42.8 Å². The van der Waals surface area contributed by atoms with Crippen LogP contribution in [0, 0.1) is 12.8 Å². The Bertz CT molecular complexity index is 1140. The summed E-state index contributed by atoms with van der Waals surface area (Å²) < 4.78 is 4.64. The van der Waals surface area contributed by atoms with Crippen molar-refractivity contribution in [2.24, 2.45) is 20.0 Å². The molecule has 4 rings (SSSR count). The zero-order chi connectivity index (χ0) is 20.0. The van der Waals surface area contributed by atoms with E-state index in [2.05, 4.69) is 16.8 Å². The van der Waals surface area contributed by atoms with Crippen molar-refractivity contribution in [3.05, 3.63) is 56.2 Å². The molecule has 1 aliphatic heterocycles. The molecule has 2 aromatic heterocycles. The average Bonchev–Trinajstić information content (AvgIpc) is 3.02. The van der Waals surface area contributed by atoms with Gasteiger partial charge >= 0.3 is 5.69 Å². The van der Waals surface area contributed by atoms with Crippen LogP contribution in [-0.4, -0.2) is 31.8 Å². The lowest BCUT2D eigenvalue weighted by molar-refractivity contribution is 0.440. The zero-order valence-electron chi connectivity index (χ0n) is 17.0. The van der Waals surface area contributed by atoms with Crippen molar-refractivity contribution in [3.63, 3.8) is 0 Å². The van der Waals surface area contributed by atoms with Crippen molar-refractivity contribution < 1.29 is 0 Å². The van der Waals surface area contributed by atoms with Gasteiger partial charge in [0.25, 0.3) is 5.56 Å². The second-order valence-corrected chi connectivity index (χ2v) is 8.05. The summed E-state index contributed by atoms with van der Waals surface area (Å²) in [5.41, 5.74) is 2.37. The number of rotatable bonds is 3. The number of nitrogens with zero attached hydrogens (tertiary/aromatic N) is 5. The summed E-state index contributed by atoms with van der Waals surface area (Å²) in [5, 5.41) is 0. The van der Waals surface area contributed by atoms with Gasteiger partial charge in [-0.05, 0) is 31.2 Å². The van der Waals surface area contributed by atoms with Crippen LogP contribution in [0.1, 0.15) is 30.9 Å². The number of benzene rings is 1. The lowest BCUT2D eigenvalue weighted by Gasteiger charge is -2.31. The SMILES string of the molecule is Cc1ccc(Cn2c(=O)c3c(nc(N4CCC[C@H](C)C4)n3C)n(C)c2=O)cc1. The highest BCUT2D eigenvalue weighted by atomic mass is 16.2. The van der Waals surface area contributed by atoms with Gasteiger partial charge in [-0.15, -0.1) is 0 Å². The fourth-order valence-electron chi connectivity index (χ4n) is 4.10. The standard InChI is InChI=1S/C21H27N5O2/c1-14-7-9-16(10-8-14)13-26-19(27)17-18(24(4)21(26)28)22-20(23(17)3)25-11-5-6-15(2)12-25/h7-10,15H,5-6,11-13H2,1-4H3/t15-/m0/s1. The van der Waals surface area contributed by atoms with Gasteiger partial charge in [0.05, 0.1) is 6.54 Å². The van der Waals surface area contributed by atoms with Gasteiger partial charge in [-0.3, -0.25) is 13.9 Å². The van der Waals surface area contributed by atoms with E-state index >= 15 is 0 Å². The smallest absolute Gasteiger partial charge is 0.332 e. The van der Waals surface area contributed by atoms with Gasteiger partial charge in [-0.2, -0.15) is 4.98 Å². The number of imidazole rings is 1. The van der Waals surface area contributed by atoms with Crippen LogP contribution in [0.4, 0.5) is 5.95 Å². The van der Waals surface area contributed by atoms with Crippen molar-refractivity contribution in [3.8, 4) is 0 Å². The Balaban J connectivity index is 1.85. The lowest BCUT2D eigenvalue weighted by atomic mass is 10.0. The van der Waals surface area contributed by atoms with E-state index in [4.69, 9.17) is 0 Å². The van der Waals surface area contributed by atoms with E-state index in [1.54, 1.807) is 7.05 Å². The fourth-order valence-corrected chi connectivity index (χ4v) is 4.10. The quantitative estimate of drug-likeness (QED) is 0.696. The number of hydrogen-bond donors (Lipinski definition) is 0. The molecule has 0 saturated carbocycles. The molecule has 1 atom stereocenters. The summed E-state index contributed by atoms with van der Waals surface area (Å²) >= 11 is 0. The molecule has 0 N–H and O–H groups in total. The van der Waals surface area contributed by atoms with Crippen LogP contribution < -0.4 is 16.1 Å². The van der Waals surface area contributed by atoms with Crippen LogP contribution in [0.2, 0.25) is 0 Å². The number of aryl methyl sites for hydroxylation is 3. The topological polar surface area (TPSA) is 65.1 Å². The summed E-state index contributed by atoms with van der Waals surface area (Å²) in [4.78, 5) is 33.0. The number of piperidine rings is 1. The molecule has 3 aromatic rings. The Morgan fingerprint density at radius 1 is 1.11 bits per heavy atom. The zero-order valence-corrected chi connectivity index (χ0v) is 17.0. The summed E-state index contributed by atoms with van der Waals surface area (Å²) in [6.07, 6.45) is 2.32. The number of hydrogen-bond acceptors (Lipinski definition) is 4. The second-order valence-electron chi connectivity index (χ2n) is 8.05. The molecule has 3 heterocycles. The van der Waals surface area contributed by atoms with Gasteiger partial charge in [0.1, 0.15) is 0 Å². The Morgan fingerprint density at radius 2 is 1.82 bits per heavy atom. The van der Waals surface area contributed by atoms with E-state index in [-0.39, 0.29) is 17.8 Å². The summed E-state index contributed by atoms with van der Waals surface area (Å²) in [5.74, 6) is 1.36. The molecule has 0 spiro atoms. The molecule has 7 heteroatoms. The maximum atomic E-state index is 13.2. The molecular weight excluding hydrogens is 354 g/mol. The molecule has 1 fully saturated rings. The molecule has 0 amide bonds. The molecule has 0 aliphatic carbocycles.